The van der Waals surface area contributed by atoms with Gasteiger partial charge in [0.05, 0.1) is 0 Å². The summed E-state index contributed by atoms with van der Waals surface area (Å²) in [5.74, 6) is 6.17. The van der Waals surface area contributed by atoms with Crippen LogP contribution >= 0.6 is 0 Å². The summed E-state index contributed by atoms with van der Waals surface area (Å²) in [5.41, 5.74) is 1.80. The Morgan fingerprint density at radius 1 is 1.31 bits per heavy atom. The average molecular weight is 215 g/mol. The van der Waals surface area contributed by atoms with Crippen LogP contribution in [-0.2, 0) is 4.79 Å². The smallest absolute Gasteiger partial charge is 0.221 e. The van der Waals surface area contributed by atoms with Crippen LogP contribution in [0.1, 0.15) is 38.7 Å². The van der Waals surface area contributed by atoms with Crippen molar-refractivity contribution in [2.24, 2.45) is 0 Å². The number of amides is 1. The first-order valence-electron chi connectivity index (χ1n) is 5.59. The molecule has 0 saturated heterocycles. The quantitative estimate of drug-likeness (QED) is 0.609. The molecular formula is C14H17NO. The van der Waals surface area contributed by atoms with Gasteiger partial charge in [0.2, 0.25) is 5.91 Å². The molecule has 1 aromatic rings. The third kappa shape index (κ3) is 4.65. The van der Waals surface area contributed by atoms with Crippen molar-refractivity contribution < 1.29 is 4.79 Å². The maximum atomic E-state index is 10.8. The van der Waals surface area contributed by atoms with Crippen molar-refractivity contribution in [2.45, 2.75) is 33.1 Å². The van der Waals surface area contributed by atoms with Crippen LogP contribution in [0.4, 0.5) is 5.69 Å². The first-order chi connectivity index (χ1) is 7.72. The fourth-order valence-electron chi connectivity index (χ4n) is 1.27. The van der Waals surface area contributed by atoms with E-state index in [0.717, 1.165) is 24.1 Å². The average Bonchev–Trinajstić information content (AvgIpc) is 2.26. The van der Waals surface area contributed by atoms with E-state index in [1.54, 1.807) is 0 Å². The normalized spacial score (nSPS) is 9.12. The molecule has 0 bridgehead atoms. The zero-order valence-corrected chi connectivity index (χ0v) is 9.84. The summed E-state index contributed by atoms with van der Waals surface area (Å²) in [5, 5.41) is 2.72. The minimum absolute atomic E-state index is 0.0539. The Hall–Kier alpha value is -1.75. The first-order valence-corrected chi connectivity index (χ1v) is 5.59. The fourth-order valence-corrected chi connectivity index (χ4v) is 1.27. The Bertz CT molecular complexity index is 395. The summed E-state index contributed by atoms with van der Waals surface area (Å²) in [7, 11) is 0. The molecule has 0 radical (unpaired) electrons. The van der Waals surface area contributed by atoms with Gasteiger partial charge in [-0.1, -0.05) is 25.2 Å². The molecule has 1 aromatic carbocycles. The van der Waals surface area contributed by atoms with E-state index in [-0.39, 0.29) is 5.91 Å². The van der Waals surface area contributed by atoms with Crippen LogP contribution in [-0.4, -0.2) is 5.91 Å². The number of hydrogen-bond donors (Lipinski definition) is 1. The van der Waals surface area contributed by atoms with Gasteiger partial charge < -0.3 is 5.32 Å². The molecule has 0 spiro atoms. The van der Waals surface area contributed by atoms with E-state index in [4.69, 9.17) is 0 Å². The number of unbranched alkanes of at least 4 members (excludes halogenated alkanes) is 2. The lowest BCUT2D eigenvalue weighted by molar-refractivity contribution is -0.114. The number of rotatable bonds is 3. The second-order valence-electron chi connectivity index (χ2n) is 3.66. The number of nitrogens with one attached hydrogen (secondary N) is 1. The third-order valence-electron chi connectivity index (χ3n) is 2.09. The van der Waals surface area contributed by atoms with Gasteiger partial charge in [-0.2, -0.15) is 0 Å². The summed E-state index contributed by atoms with van der Waals surface area (Å²) in [6, 6.07) is 7.57. The lowest BCUT2D eigenvalue weighted by atomic mass is 10.2. The molecule has 0 aliphatic rings. The molecule has 84 valence electrons. The second-order valence-corrected chi connectivity index (χ2v) is 3.66. The number of anilines is 1. The minimum atomic E-state index is -0.0539. The molecular weight excluding hydrogens is 198 g/mol. The van der Waals surface area contributed by atoms with E-state index in [2.05, 4.69) is 24.1 Å². The van der Waals surface area contributed by atoms with Crippen molar-refractivity contribution in [1.29, 1.82) is 0 Å². The molecule has 2 nitrogen and oxygen atoms in total. The van der Waals surface area contributed by atoms with Crippen molar-refractivity contribution >= 4 is 11.6 Å². The van der Waals surface area contributed by atoms with E-state index < -0.39 is 0 Å². The predicted octanol–water partition coefficient (Wildman–Crippen LogP) is 3.19. The number of benzene rings is 1. The minimum Gasteiger partial charge on any atom is -0.326 e. The molecule has 16 heavy (non-hydrogen) atoms. The SMILES string of the molecule is CCCCC#Cc1ccc(NC(C)=O)cc1. The molecule has 0 unspecified atom stereocenters. The van der Waals surface area contributed by atoms with Crippen molar-refractivity contribution in [1.82, 2.24) is 0 Å². The Kier molecular flexibility index (Phi) is 5.15. The van der Waals surface area contributed by atoms with Gasteiger partial charge in [-0.15, -0.1) is 0 Å². The maximum Gasteiger partial charge on any atom is 0.221 e. The van der Waals surface area contributed by atoms with E-state index >= 15 is 0 Å². The van der Waals surface area contributed by atoms with Crippen molar-refractivity contribution in [3.63, 3.8) is 0 Å². The summed E-state index contributed by atoms with van der Waals surface area (Å²) >= 11 is 0. The molecule has 1 amide bonds. The zero-order chi connectivity index (χ0) is 11.8. The van der Waals surface area contributed by atoms with Crippen LogP contribution in [0.15, 0.2) is 24.3 Å². The van der Waals surface area contributed by atoms with Crippen LogP contribution in [0.25, 0.3) is 0 Å². The van der Waals surface area contributed by atoms with Gasteiger partial charge in [0.1, 0.15) is 0 Å². The highest BCUT2D eigenvalue weighted by Gasteiger charge is 1.93. The highest BCUT2D eigenvalue weighted by Crippen LogP contribution is 2.08. The largest absolute Gasteiger partial charge is 0.326 e. The standard InChI is InChI=1S/C14H17NO/c1-3-4-5-6-7-13-8-10-14(11-9-13)15-12(2)16/h8-11H,3-5H2,1-2H3,(H,15,16). The Morgan fingerprint density at radius 3 is 2.56 bits per heavy atom. The number of carbonyl (C=O) groups is 1. The molecule has 1 rings (SSSR count). The van der Waals surface area contributed by atoms with Crippen LogP contribution in [0.2, 0.25) is 0 Å². The Morgan fingerprint density at radius 2 is 2.00 bits per heavy atom. The van der Waals surface area contributed by atoms with Crippen LogP contribution in [0.3, 0.4) is 0 Å². The molecule has 0 aliphatic carbocycles. The number of carbonyl (C=O) groups excluding carboxylic acids is 1. The van der Waals surface area contributed by atoms with E-state index in [0.29, 0.717) is 0 Å². The lowest BCUT2D eigenvalue weighted by Crippen LogP contribution is -2.05. The lowest BCUT2D eigenvalue weighted by Gasteiger charge is -2.00. The monoisotopic (exact) mass is 215 g/mol. The van der Waals surface area contributed by atoms with Gasteiger partial charge in [0, 0.05) is 24.6 Å². The molecule has 0 saturated carbocycles. The van der Waals surface area contributed by atoms with E-state index in [9.17, 15) is 4.79 Å². The Balaban J connectivity index is 2.56. The van der Waals surface area contributed by atoms with Crippen LogP contribution in [0, 0.1) is 11.8 Å². The van der Waals surface area contributed by atoms with Gasteiger partial charge in [-0.25, -0.2) is 0 Å². The predicted molar refractivity (Wildman–Crippen MR) is 67.1 cm³/mol. The number of hydrogen-bond acceptors (Lipinski definition) is 1. The zero-order valence-electron chi connectivity index (χ0n) is 9.84. The van der Waals surface area contributed by atoms with Crippen molar-refractivity contribution in [3.05, 3.63) is 29.8 Å². The first kappa shape index (κ1) is 12.3. The van der Waals surface area contributed by atoms with E-state index in [1.807, 2.05) is 24.3 Å². The third-order valence-corrected chi connectivity index (χ3v) is 2.09. The molecule has 1 N–H and O–H groups in total. The summed E-state index contributed by atoms with van der Waals surface area (Å²) < 4.78 is 0. The fraction of sp³-hybridized carbons (Fsp3) is 0.357. The van der Waals surface area contributed by atoms with Gasteiger partial charge in [0.25, 0.3) is 0 Å². The molecule has 0 heterocycles. The highest BCUT2D eigenvalue weighted by atomic mass is 16.1. The van der Waals surface area contributed by atoms with Crippen molar-refractivity contribution in [2.75, 3.05) is 5.32 Å². The topological polar surface area (TPSA) is 29.1 Å². The second kappa shape index (κ2) is 6.68. The Labute approximate surface area is 97.1 Å². The summed E-state index contributed by atoms with van der Waals surface area (Å²) in [6.07, 6.45) is 3.27. The molecule has 0 atom stereocenters. The summed E-state index contributed by atoms with van der Waals surface area (Å²) in [4.78, 5) is 10.8. The molecule has 2 heteroatoms. The highest BCUT2D eigenvalue weighted by molar-refractivity contribution is 5.88. The van der Waals surface area contributed by atoms with Gasteiger partial charge in [0.15, 0.2) is 0 Å². The van der Waals surface area contributed by atoms with E-state index in [1.165, 1.54) is 13.3 Å². The van der Waals surface area contributed by atoms with Crippen molar-refractivity contribution in [3.8, 4) is 11.8 Å². The molecule has 0 aliphatic heterocycles. The maximum absolute atomic E-state index is 10.8. The van der Waals surface area contributed by atoms with Gasteiger partial charge in [-0.3, -0.25) is 4.79 Å². The van der Waals surface area contributed by atoms with Gasteiger partial charge >= 0.3 is 0 Å². The molecule has 0 fully saturated rings. The summed E-state index contributed by atoms with van der Waals surface area (Å²) in [6.45, 7) is 3.66. The van der Waals surface area contributed by atoms with Crippen LogP contribution in [0.5, 0.6) is 0 Å². The van der Waals surface area contributed by atoms with Crippen LogP contribution < -0.4 is 5.32 Å². The van der Waals surface area contributed by atoms with Gasteiger partial charge in [-0.05, 0) is 30.7 Å². The molecule has 0 aromatic heterocycles.